The van der Waals surface area contributed by atoms with Crippen LogP contribution in [0.3, 0.4) is 0 Å². The average Bonchev–Trinajstić information content (AvgIpc) is 2.78. The van der Waals surface area contributed by atoms with Gasteiger partial charge in [-0.3, -0.25) is 4.79 Å². The van der Waals surface area contributed by atoms with Gasteiger partial charge in [-0.2, -0.15) is 0 Å². The van der Waals surface area contributed by atoms with Gasteiger partial charge in [0.25, 0.3) is 0 Å². The molecule has 3 rings (SSSR count). The number of benzene rings is 1. The van der Waals surface area contributed by atoms with Crippen LogP contribution in [0.5, 0.6) is 0 Å². The third-order valence-corrected chi connectivity index (χ3v) is 3.43. The Kier molecular flexibility index (Phi) is 2.70. The van der Waals surface area contributed by atoms with E-state index in [2.05, 4.69) is 9.97 Å². The first-order valence-corrected chi connectivity index (χ1v) is 6.10. The van der Waals surface area contributed by atoms with E-state index in [1.165, 1.54) is 7.11 Å². The Hall–Kier alpha value is -1.97. The number of aryl methyl sites for hydroxylation is 1. The molecule has 0 saturated heterocycles. The molecule has 18 heavy (non-hydrogen) atoms. The van der Waals surface area contributed by atoms with E-state index in [9.17, 15) is 4.79 Å². The highest BCUT2D eigenvalue weighted by molar-refractivity contribution is 5.75. The smallest absolute Gasteiger partial charge is 0.306 e. The summed E-state index contributed by atoms with van der Waals surface area (Å²) in [5.74, 6) is -0.0210. The number of methoxy groups -OCH3 is 1. The normalized spacial score (nSPS) is 17.7. The molecule has 0 amide bonds. The van der Waals surface area contributed by atoms with Gasteiger partial charge in [-0.05, 0) is 25.0 Å². The van der Waals surface area contributed by atoms with Crippen LogP contribution in [-0.2, 0) is 16.0 Å². The van der Waals surface area contributed by atoms with Crippen molar-refractivity contribution in [2.45, 2.75) is 25.2 Å². The Labute approximate surface area is 105 Å². The molecule has 2 aromatic rings. The molecule has 1 aliphatic rings. The molecule has 0 bridgehead atoms. The first-order chi connectivity index (χ1) is 8.78. The molecule has 4 heteroatoms. The summed E-state index contributed by atoms with van der Waals surface area (Å²) >= 11 is 0. The number of para-hydroxylation sites is 2. The quantitative estimate of drug-likeness (QED) is 0.758. The van der Waals surface area contributed by atoms with E-state index in [4.69, 9.17) is 4.74 Å². The lowest BCUT2D eigenvalue weighted by molar-refractivity contribution is -0.141. The van der Waals surface area contributed by atoms with Gasteiger partial charge in [0.05, 0.1) is 36.0 Å². The predicted molar refractivity (Wildman–Crippen MR) is 67.2 cm³/mol. The maximum Gasteiger partial charge on any atom is 0.306 e. The first kappa shape index (κ1) is 11.1. The zero-order chi connectivity index (χ0) is 12.5. The molecule has 1 atom stereocenters. The van der Waals surface area contributed by atoms with Crippen LogP contribution in [0, 0.1) is 0 Å². The lowest BCUT2D eigenvalue weighted by Gasteiger charge is -2.09. The maximum atomic E-state index is 11.4. The minimum absolute atomic E-state index is 0.157. The Morgan fingerprint density at radius 1 is 1.33 bits per heavy atom. The zero-order valence-electron chi connectivity index (χ0n) is 10.2. The third-order valence-electron chi connectivity index (χ3n) is 3.43. The number of esters is 1. The van der Waals surface area contributed by atoms with Crippen molar-refractivity contribution >= 4 is 17.0 Å². The molecular formula is C14H14N2O2. The Bertz CT molecular complexity index is 610. The molecule has 92 valence electrons. The van der Waals surface area contributed by atoms with Crippen LogP contribution in [-0.4, -0.2) is 23.0 Å². The number of ether oxygens (including phenoxy) is 1. The standard InChI is InChI=1S/C14H14N2O2/c1-18-13(17)8-9-6-7-12-14(9)16-11-5-3-2-4-10(11)15-12/h2-5,9H,6-8H2,1H3. The molecule has 1 aromatic heterocycles. The van der Waals surface area contributed by atoms with Crippen molar-refractivity contribution in [3.63, 3.8) is 0 Å². The summed E-state index contributed by atoms with van der Waals surface area (Å²) in [7, 11) is 1.42. The number of rotatable bonds is 2. The van der Waals surface area contributed by atoms with Gasteiger partial charge in [0.1, 0.15) is 0 Å². The second kappa shape index (κ2) is 4.37. The summed E-state index contributed by atoms with van der Waals surface area (Å²) in [4.78, 5) is 20.6. The van der Waals surface area contributed by atoms with Crippen molar-refractivity contribution in [2.24, 2.45) is 0 Å². The molecule has 0 saturated carbocycles. The van der Waals surface area contributed by atoms with E-state index in [0.717, 1.165) is 35.3 Å². The summed E-state index contributed by atoms with van der Waals surface area (Å²) in [6.45, 7) is 0. The number of carbonyl (C=O) groups is 1. The molecule has 0 spiro atoms. The second-order valence-corrected chi connectivity index (χ2v) is 4.56. The minimum Gasteiger partial charge on any atom is -0.469 e. The number of hydrogen-bond donors (Lipinski definition) is 0. The summed E-state index contributed by atoms with van der Waals surface area (Å²) in [6, 6.07) is 7.84. The van der Waals surface area contributed by atoms with E-state index < -0.39 is 0 Å². The lowest BCUT2D eigenvalue weighted by atomic mass is 10.0. The molecule has 0 fully saturated rings. The van der Waals surface area contributed by atoms with Crippen LogP contribution >= 0.6 is 0 Å². The van der Waals surface area contributed by atoms with Crippen LogP contribution in [0.15, 0.2) is 24.3 Å². The van der Waals surface area contributed by atoms with Crippen molar-refractivity contribution < 1.29 is 9.53 Å². The lowest BCUT2D eigenvalue weighted by Crippen LogP contribution is -2.07. The SMILES string of the molecule is COC(=O)CC1CCc2nc3ccccc3nc21. The second-order valence-electron chi connectivity index (χ2n) is 4.56. The van der Waals surface area contributed by atoms with Crippen molar-refractivity contribution in [3.8, 4) is 0 Å². The average molecular weight is 242 g/mol. The van der Waals surface area contributed by atoms with Gasteiger partial charge < -0.3 is 4.74 Å². The van der Waals surface area contributed by atoms with E-state index in [-0.39, 0.29) is 11.9 Å². The topological polar surface area (TPSA) is 52.1 Å². The minimum atomic E-state index is -0.178. The number of hydrogen-bond acceptors (Lipinski definition) is 4. The molecular weight excluding hydrogens is 228 g/mol. The molecule has 0 radical (unpaired) electrons. The van der Waals surface area contributed by atoms with Crippen molar-refractivity contribution in [2.75, 3.05) is 7.11 Å². The monoisotopic (exact) mass is 242 g/mol. The summed E-state index contributed by atoms with van der Waals surface area (Å²) in [6.07, 6.45) is 2.23. The van der Waals surface area contributed by atoms with Crippen LogP contribution in [0.1, 0.15) is 30.1 Å². The molecule has 1 aromatic carbocycles. The number of nitrogens with zero attached hydrogens (tertiary/aromatic N) is 2. The van der Waals surface area contributed by atoms with E-state index in [1.54, 1.807) is 0 Å². The van der Waals surface area contributed by atoms with Gasteiger partial charge in [-0.15, -0.1) is 0 Å². The largest absolute Gasteiger partial charge is 0.469 e. The molecule has 1 aliphatic carbocycles. The molecule has 1 unspecified atom stereocenters. The highest BCUT2D eigenvalue weighted by Crippen LogP contribution is 2.34. The van der Waals surface area contributed by atoms with Gasteiger partial charge >= 0.3 is 5.97 Å². The molecule has 1 heterocycles. The predicted octanol–water partition coefficient (Wildman–Crippen LogP) is 2.22. The fraction of sp³-hybridized carbons (Fsp3) is 0.357. The van der Waals surface area contributed by atoms with E-state index in [1.807, 2.05) is 24.3 Å². The Balaban J connectivity index is 2.00. The molecule has 0 aliphatic heterocycles. The van der Waals surface area contributed by atoms with Gasteiger partial charge in [0.15, 0.2) is 0 Å². The van der Waals surface area contributed by atoms with Crippen LogP contribution in [0.2, 0.25) is 0 Å². The first-order valence-electron chi connectivity index (χ1n) is 6.10. The number of carbonyl (C=O) groups excluding carboxylic acids is 1. The van der Waals surface area contributed by atoms with Gasteiger partial charge in [0.2, 0.25) is 0 Å². The Morgan fingerprint density at radius 2 is 2.06 bits per heavy atom. The number of fused-ring (bicyclic) bond motifs is 2. The molecule has 0 N–H and O–H groups in total. The Morgan fingerprint density at radius 3 is 2.78 bits per heavy atom. The van der Waals surface area contributed by atoms with Gasteiger partial charge in [-0.25, -0.2) is 9.97 Å². The third kappa shape index (κ3) is 1.83. The van der Waals surface area contributed by atoms with Crippen molar-refractivity contribution in [1.29, 1.82) is 0 Å². The van der Waals surface area contributed by atoms with Gasteiger partial charge in [-0.1, -0.05) is 12.1 Å². The maximum absolute atomic E-state index is 11.4. The van der Waals surface area contributed by atoms with Crippen LogP contribution < -0.4 is 0 Å². The van der Waals surface area contributed by atoms with Crippen LogP contribution in [0.25, 0.3) is 11.0 Å². The van der Waals surface area contributed by atoms with Crippen molar-refractivity contribution in [1.82, 2.24) is 9.97 Å². The zero-order valence-corrected chi connectivity index (χ0v) is 10.2. The molecule has 4 nitrogen and oxygen atoms in total. The fourth-order valence-electron chi connectivity index (χ4n) is 2.49. The van der Waals surface area contributed by atoms with E-state index >= 15 is 0 Å². The van der Waals surface area contributed by atoms with Crippen molar-refractivity contribution in [3.05, 3.63) is 35.7 Å². The summed E-state index contributed by atoms with van der Waals surface area (Å²) in [5, 5.41) is 0. The summed E-state index contributed by atoms with van der Waals surface area (Å²) in [5.41, 5.74) is 3.82. The summed E-state index contributed by atoms with van der Waals surface area (Å²) < 4.78 is 4.73. The fourth-order valence-corrected chi connectivity index (χ4v) is 2.49. The van der Waals surface area contributed by atoms with Gasteiger partial charge in [0, 0.05) is 5.92 Å². The highest BCUT2D eigenvalue weighted by atomic mass is 16.5. The highest BCUT2D eigenvalue weighted by Gasteiger charge is 2.28. The van der Waals surface area contributed by atoms with Crippen LogP contribution in [0.4, 0.5) is 0 Å². The van der Waals surface area contributed by atoms with E-state index in [0.29, 0.717) is 6.42 Å². The number of aromatic nitrogens is 2.